The van der Waals surface area contributed by atoms with E-state index in [-0.39, 0.29) is 0 Å². The zero-order valence-electron chi connectivity index (χ0n) is 37.3. The zero-order chi connectivity index (χ0) is 45.4. The second-order valence-electron chi connectivity index (χ2n) is 17.7. The Morgan fingerprint density at radius 3 is 1.48 bits per heavy atom. The summed E-state index contributed by atoms with van der Waals surface area (Å²) >= 11 is 0. The summed E-state index contributed by atoms with van der Waals surface area (Å²) in [5, 5.41) is 8.57. The van der Waals surface area contributed by atoms with Crippen LogP contribution in [0, 0.1) is 0 Å². The van der Waals surface area contributed by atoms with Gasteiger partial charge in [-0.1, -0.05) is 170 Å². The van der Waals surface area contributed by atoms with Crippen molar-refractivity contribution in [1.82, 2.24) is 28.7 Å². The number of hydrogen-bond acceptors (Lipinski definition) is 3. The van der Waals surface area contributed by atoms with Gasteiger partial charge in [0, 0.05) is 66.9 Å². The Labute approximate surface area is 397 Å². The number of hydrogen-bond donors (Lipinski definition) is 0. The number of rotatable bonds is 7. The molecule has 0 spiro atoms. The van der Waals surface area contributed by atoms with Gasteiger partial charge in [0.05, 0.1) is 27.6 Å². The van der Waals surface area contributed by atoms with Gasteiger partial charge >= 0.3 is 0 Å². The van der Waals surface area contributed by atoms with Crippen LogP contribution < -0.4 is 0 Å². The number of nitrogens with zero attached hydrogens (tertiary/aromatic N) is 6. The Kier molecular flexibility index (Phi) is 8.79. The first-order chi connectivity index (χ1) is 34.2. The summed E-state index contributed by atoms with van der Waals surface area (Å²) in [5.74, 6) is 1.89. The third-order valence-corrected chi connectivity index (χ3v) is 13.7. The smallest absolute Gasteiger partial charge is 0.164 e. The van der Waals surface area contributed by atoms with Crippen LogP contribution in [0.2, 0.25) is 0 Å². The zero-order valence-corrected chi connectivity index (χ0v) is 37.3. The molecule has 14 rings (SSSR count). The highest BCUT2D eigenvalue weighted by atomic mass is 15.0. The van der Waals surface area contributed by atoms with Crippen molar-refractivity contribution in [3.63, 3.8) is 0 Å². The van der Waals surface area contributed by atoms with E-state index in [4.69, 9.17) is 15.0 Å². The normalized spacial score (nSPS) is 11.8. The molecule has 0 amide bonds. The molecule has 0 aliphatic rings. The molecule has 0 aliphatic heterocycles. The Morgan fingerprint density at radius 1 is 0.261 bits per heavy atom. The molecular weight excluding hydrogens is 841 g/mol. The molecule has 69 heavy (non-hydrogen) atoms. The van der Waals surface area contributed by atoms with Crippen molar-refractivity contribution >= 4 is 65.3 Å². The predicted octanol–water partition coefficient (Wildman–Crippen LogP) is 15.8. The van der Waals surface area contributed by atoms with Crippen molar-refractivity contribution in [2.75, 3.05) is 0 Å². The topological polar surface area (TPSA) is 53.5 Å². The molecule has 0 bridgehead atoms. The van der Waals surface area contributed by atoms with Crippen LogP contribution in [-0.2, 0) is 0 Å². The van der Waals surface area contributed by atoms with Crippen LogP contribution in [0.25, 0.3) is 128 Å². The van der Waals surface area contributed by atoms with Crippen molar-refractivity contribution in [1.29, 1.82) is 0 Å². The third kappa shape index (κ3) is 6.30. The first kappa shape index (κ1) is 38.8. The minimum atomic E-state index is 0.620. The maximum absolute atomic E-state index is 5.08. The summed E-state index contributed by atoms with van der Waals surface area (Å²) in [6.07, 6.45) is 2.23. The van der Waals surface area contributed by atoms with Crippen molar-refractivity contribution in [2.24, 2.45) is 0 Å². The fraction of sp³-hybridized carbons (Fsp3) is 0. The van der Waals surface area contributed by atoms with E-state index in [0.717, 1.165) is 50.3 Å². The van der Waals surface area contributed by atoms with E-state index in [1.165, 1.54) is 59.9 Å². The molecule has 0 unspecified atom stereocenters. The third-order valence-electron chi connectivity index (χ3n) is 13.7. The van der Waals surface area contributed by atoms with Gasteiger partial charge in [-0.25, -0.2) is 15.0 Å². The minimum Gasteiger partial charge on any atom is -0.316 e. The maximum atomic E-state index is 5.08. The average molecular weight is 881 g/mol. The van der Waals surface area contributed by atoms with E-state index in [0.29, 0.717) is 17.5 Å². The number of para-hydroxylation sites is 1. The second-order valence-corrected chi connectivity index (χ2v) is 17.7. The Balaban J connectivity index is 0.944. The van der Waals surface area contributed by atoms with E-state index in [9.17, 15) is 0 Å². The molecule has 0 fully saturated rings. The Bertz CT molecular complexity index is 4240. The van der Waals surface area contributed by atoms with E-state index in [1.807, 2.05) is 60.7 Å². The molecule has 6 nitrogen and oxygen atoms in total. The van der Waals surface area contributed by atoms with Gasteiger partial charge in [-0.05, 0) is 88.6 Å². The monoisotopic (exact) mass is 880 g/mol. The van der Waals surface area contributed by atoms with Crippen LogP contribution in [0.5, 0.6) is 0 Å². The lowest BCUT2D eigenvalue weighted by Gasteiger charge is -2.13. The highest BCUT2D eigenvalue weighted by molar-refractivity contribution is 6.28. The fourth-order valence-electron chi connectivity index (χ4n) is 10.6. The van der Waals surface area contributed by atoms with Crippen LogP contribution in [0.15, 0.2) is 243 Å². The number of fused-ring (bicyclic) bond motifs is 10. The van der Waals surface area contributed by atoms with Crippen LogP contribution in [0.4, 0.5) is 0 Å². The fourth-order valence-corrected chi connectivity index (χ4v) is 10.6. The number of aromatic nitrogens is 6. The lowest BCUT2D eigenvalue weighted by atomic mass is 10.0. The lowest BCUT2D eigenvalue weighted by Crippen LogP contribution is -2.01. The predicted molar refractivity (Wildman–Crippen MR) is 285 cm³/mol. The molecule has 4 aromatic heterocycles. The second kappa shape index (κ2) is 15.6. The van der Waals surface area contributed by atoms with Crippen LogP contribution in [0.3, 0.4) is 0 Å². The largest absolute Gasteiger partial charge is 0.316 e. The van der Waals surface area contributed by atoms with Crippen LogP contribution in [0.1, 0.15) is 0 Å². The van der Waals surface area contributed by atoms with Crippen molar-refractivity contribution < 1.29 is 0 Å². The standard InChI is InChI=1S/C63H40N6/c1-4-16-41(17-5-1)45-23-14-25-48(38-45)69-56-33-30-42-18-10-11-27-50(42)59(56)60-53-36-37-67(54(53)34-35-57(60)69)47-31-32-52-51-28-12-13-29-55(51)68(58(52)40-47)49-26-15-24-46(39-49)63-65-61(43-19-6-2-7-20-43)64-62(66-63)44-21-8-3-9-22-44/h1-40H. The van der Waals surface area contributed by atoms with Crippen molar-refractivity contribution in [2.45, 2.75) is 0 Å². The summed E-state index contributed by atoms with van der Waals surface area (Å²) in [5.41, 5.74) is 14.2. The van der Waals surface area contributed by atoms with E-state index in [2.05, 4.69) is 196 Å². The molecule has 0 atom stereocenters. The maximum Gasteiger partial charge on any atom is 0.164 e. The summed E-state index contributed by atoms with van der Waals surface area (Å²) in [6.45, 7) is 0. The van der Waals surface area contributed by atoms with Gasteiger partial charge < -0.3 is 13.7 Å². The highest BCUT2D eigenvalue weighted by Gasteiger charge is 2.21. The van der Waals surface area contributed by atoms with Crippen LogP contribution in [-0.4, -0.2) is 28.7 Å². The van der Waals surface area contributed by atoms with Gasteiger partial charge in [0.15, 0.2) is 17.5 Å². The summed E-state index contributed by atoms with van der Waals surface area (Å²) in [7, 11) is 0. The Morgan fingerprint density at radius 2 is 0.768 bits per heavy atom. The van der Waals surface area contributed by atoms with Crippen molar-refractivity contribution in [3.05, 3.63) is 243 Å². The van der Waals surface area contributed by atoms with E-state index < -0.39 is 0 Å². The first-order valence-corrected chi connectivity index (χ1v) is 23.3. The van der Waals surface area contributed by atoms with Gasteiger partial charge in [0.1, 0.15) is 0 Å². The van der Waals surface area contributed by atoms with E-state index in [1.54, 1.807) is 0 Å². The first-order valence-electron chi connectivity index (χ1n) is 23.3. The van der Waals surface area contributed by atoms with Gasteiger partial charge in [-0.2, -0.15) is 0 Å². The SMILES string of the molecule is c1ccc(-c2cccc(-n3c4ccc5ccccc5c4c4c5ccn(-c6ccc7c8ccccc8n(-c8cccc(-c9nc(-c%10ccccc%10)nc(-c%10ccccc%10)n9)c8)c7c6)c5ccc43)c2)cc1. The molecule has 0 radical (unpaired) electrons. The summed E-state index contributed by atoms with van der Waals surface area (Å²) < 4.78 is 7.17. The van der Waals surface area contributed by atoms with Gasteiger partial charge in [-0.3, -0.25) is 0 Å². The highest BCUT2D eigenvalue weighted by Crippen LogP contribution is 2.42. The van der Waals surface area contributed by atoms with Gasteiger partial charge in [-0.15, -0.1) is 0 Å². The average Bonchev–Trinajstić information content (AvgIpc) is 4.12. The molecule has 14 aromatic rings. The van der Waals surface area contributed by atoms with Crippen LogP contribution >= 0.6 is 0 Å². The Hall–Kier alpha value is -9.39. The lowest BCUT2D eigenvalue weighted by molar-refractivity contribution is 1.07. The quantitative estimate of drug-likeness (QED) is 0.160. The molecule has 0 saturated carbocycles. The molecule has 322 valence electrons. The molecule has 6 heteroatoms. The molecule has 0 aliphatic carbocycles. The number of benzene rings is 10. The van der Waals surface area contributed by atoms with Gasteiger partial charge in [0.2, 0.25) is 0 Å². The summed E-state index contributed by atoms with van der Waals surface area (Å²) in [4.78, 5) is 15.1. The minimum absolute atomic E-state index is 0.620. The molecule has 10 aromatic carbocycles. The summed E-state index contributed by atoms with van der Waals surface area (Å²) in [6, 6.07) is 84.2. The molecule has 0 N–H and O–H groups in total. The van der Waals surface area contributed by atoms with E-state index >= 15 is 0 Å². The molecule has 4 heterocycles. The molecular formula is C63H40N6. The molecule has 0 saturated heterocycles. The van der Waals surface area contributed by atoms with Crippen molar-refractivity contribution in [3.8, 4) is 62.4 Å². The van der Waals surface area contributed by atoms with Gasteiger partial charge in [0.25, 0.3) is 0 Å².